The molecule has 0 radical (unpaired) electrons. The van der Waals surface area contributed by atoms with Gasteiger partial charge in [-0.2, -0.15) is 0 Å². The van der Waals surface area contributed by atoms with Crippen LogP contribution < -0.4 is 0 Å². The van der Waals surface area contributed by atoms with Gasteiger partial charge in [0.2, 0.25) is 5.91 Å². The van der Waals surface area contributed by atoms with E-state index in [1.165, 1.54) is 0 Å². The molecule has 0 rings (SSSR count). The van der Waals surface area contributed by atoms with E-state index in [1.807, 2.05) is 6.92 Å². The third kappa shape index (κ3) is 4.11. The Hall–Kier alpha value is -0.860. The SMILES string of the molecule is CC(=O)C(C)CCC(=O)N(C)C. The highest BCUT2D eigenvalue weighted by molar-refractivity contribution is 5.79. The number of hydrogen-bond acceptors (Lipinski definition) is 2. The average molecular weight is 171 g/mol. The molecule has 0 aliphatic rings. The Morgan fingerprint density at radius 1 is 1.33 bits per heavy atom. The first kappa shape index (κ1) is 11.1. The fraction of sp³-hybridized carbons (Fsp3) is 0.778. The lowest BCUT2D eigenvalue weighted by Crippen LogP contribution is -2.22. The molecular weight excluding hydrogens is 154 g/mol. The van der Waals surface area contributed by atoms with Crippen molar-refractivity contribution in [1.29, 1.82) is 0 Å². The molecule has 3 nitrogen and oxygen atoms in total. The molecule has 1 atom stereocenters. The molecule has 3 heteroatoms. The molecule has 0 aromatic rings. The van der Waals surface area contributed by atoms with Gasteiger partial charge >= 0.3 is 0 Å². The fourth-order valence-electron chi connectivity index (χ4n) is 0.767. The number of carbonyl (C=O) groups is 2. The molecular formula is C9H17NO2. The number of carbonyl (C=O) groups excluding carboxylic acids is 2. The average Bonchev–Trinajstić information content (AvgIpc) is 1.98. The first-order valence-corrected chi connectivity index (χ1v) is 4.15. The Morgan fingerprint density at radius 3 is 2.17 bits per heavy atom. The van der Waals surface area contributed by atoms with Crippen molar-refractivity contribution in [3.63, 3.8) is 0 Å². The molecule has 0 aromatic heterocycles. The summed E-state index contributed by atoms with van der Waals surface area (Å²) in [5.74, 6) is 0.249. The molecule has 0 aromatic carbocycles. The Bertz CT molecular complexity index is 175. The highest BCUT2D eigenvalue weighted by Crippen LogP contribution is 2.07. The van der Waals surface area contributed by atoms with Gasteiger partial charge in [-0.3, -0.25) is 9.59 Å². The van der Waals surface area contributed by atoms with E-state index in [4.69, 9.17) is 0 Å². The molecule has 70 valence electrons. The van der Waals surface area contributed by atoms with E-state index in [1.54, 1.807) is 25.9 Å². The molecule has 0 heterocycles. The second-order valence-electron chi connectivity index (χ2n) is 3.34. The summed E-state index contributed by atoms with van der Waals surface area (Å²) in [6.45, 7) is 3.41. The van der Waals surface area contributed by atoms with Crippen LogP contribution in [0.4, 0.5) is 0 Å². The van der Waals surface area contributed by atoms with Crippen molar-refractivity contribution in [2.45, 2.75) is 26.7 Å². The minimum absolute atomic E-state index is 0.00824. The number of ketones is 1. The number of Topliss-reactive ketones (excluding diaryl/α,β-unsaturated/α-hetero) is 1. The molecule has 0 saturated heterocycles. The molecule has 0 saturated carbocycles. The monoisotopic (exact) mass is 171 g/mol. The zero-order chi connectivity index (χ0) is 9.72. The Balaban J connectivity index is 3.69. The standard InChI is InChI=1S/C9H17NO2/c1-7(8(2)11)5-6-9(12)10(3)4/h7H,5-6H2,1-4H3. The van der Waals surface area contributed by atoms with E-state index in [0.717, 1.165) is 0 Å². The van der Waals surface area contributed by atoms with E-state index in [-0.39, 0.29) is 17.6 Å². The Labute approximate surface area is 73.7 Å². The zero-order valence-electron chi connectivity index (χ0n) is 8.26. The molecule has 0 bridgehead atoms. The van der Waals surface area contributed by atoms with E-state index in [9.17, 15) is 9.59 Å². The van der Waals surface area contributed by atoms with Crippen LogP contribution in [0.1, 0.15) is 26.7 Å². The van der Waals surface area contributed by atoms with Crippen LogP contribution in [0.3, 0.4) is 0 Å². The van der Waals surface area contributed by atoms with E-state index < -0.39 is 0 Å². The fourth-order valence-corrected chi connectivity index (χ4v) is 0.767. The number of rotatable bonds is 4. The van der Waals surface area contributed by atoms with Gasteiger partial charge in [-0.15, -0.1) is 0 Å². The summed E-state index contributed by atoms with van der Waals surface area (Å²) in [6, 6.07) is 0. The highest BCUT2D eigenvalue weighted by Gasteiger charge is 2.10. The molecule has 0 N–H and O–H groups in total. The predicted molar refractivity (Wildman–Crippen MR) is 47.8 cm³/mol. The lowest BCUT2D eigenvalue weighted by molar-refractivity contribution is -0.129. The highest BCUT2D eigenvalue weighted by atomic mass is 16.2. The van der Waals surface area contributed by atoms with Gasteiger partial charge in [0, 0.05) is 26.4 Å². The van der Waals surface area contributed by atoms with Crippen LogP contribution in [0.25, 0.3) is 0 Å². The normalized spacial score (nSPS) is 12.3. The van der Waals surface area contributed by atoms with E-state index in [0.29, 0.717) is 12.8 Å². The summed E-state index contributed by atoms with van der Waals surface area (Å²) < 4.78 is 0. The van der Waals surface area contributed by atoms with E-state index in [2.05, 4.69) is 0 Å². The van der Waals surface area contributed by atoms with Gasteiger partial charge in [-0.05, 0) is 13.3 Å². The molecule has 0 spiro atoms. The maximum absolute atomic E-state index is 11.1. The van der Waals surface area contributed by atoms with Gasteiger partial charge in [0.05, 0.1) is 0 Å². The second-order valence-corrected chi connectivity index (χ2v) is 3.34. The van der Waals surface area contributed by atoms with Crippen LogP contribution in [0.15, 0.2) is 0 Å². The van der Waals surface area contributed by atoms with Crippen molar-refractivity contribution in [3.05, 3.63) is 0 Å². The number of hydrogen-bond donors (Lipinski definition) is 0. The smallest absolute Gasteiger partial charge is 0.222 e. The molecule has 0 aliphatic carbocycles. The molecule has 1 unspecified atom stereocenters. The molecule has 1 amide bonds. The molecule has 12 heavy (non-hydrogen) atoms. The van der Waals surface area contributed by atoms with Crippen molar-refractivity contribution in [2.24, 2.45) is 5.92 Å². The third-order valence-electron chi connectivity index (χ3n) is 1.98. The van der Waals surface area contributed by atoms with Gasteiger partial charge in [-0.25, -0.2) is 0 Å². The summed E-state index contributed by atoms with van der Waals surface area (Å²) in [4.78, 5) is 23.4. The van der Waals surface area contributed by atoms with Crippen LogP contribution >= 0.6 is 0 Å². The maximum Gasteiger partial charge on any atom is 0.222 e. The van der Waals surface area contributed by atoms with Crippen LogP contribution in [-0.2, 0) is 9.59 Å². The van der Waals surface area contributed by atoms with Crippen LogP contribution in [0, 0.1) is 5.92 Å². The van der Waals surface area contributed by atoms with Crippen molar-refractivity contribution in [1.82, 2.24) is 4.90 Å². The Morgan fingerprint density at radius 2 is 1.83 bits per heavy atom. The summed E-state index contributed by atoms with van der Waals surface area (Å²) >= 11 is 0. The summed E-state index contributed by atoms with van der Waals surface area (Å²) in [7, 11) is 3.45. The van der Waals surface area contributed by atoms with Crippen LogP contribution in [0.2, 0.25) is 0 Å². The summed E-state index contributed by atoms with van der Waals surface area (Å²) in [6.07, 6.45) is 1.13. The number of nitrogens with zero attached hydrogens (tertiary/aromatic N) is 1. The summed E-state index contributed by atoms with van der Waals surface area (Å²) in [5, 5.41) is 0. The summed E-state index contributed by atoms with van der Waals surface area (Å²) in [5.41, 5.74) is 0. The minimum Gasteiger partial charge on any atom is -0.349 e. The van der Waals surface area contributed by atoms with Crippen molar-refractivity contribution >= 4 is 11.7 Å². The van der Waals surface area contributed by atoms with Crippen molar-refractivity contribution in [2.75, 3.05) is 14.1 Å². The van der Waals surface area contributed by atoms with Crippen molar-refractivity contribution in [3.8, 4) is 0 Å². The largest absolute Gasteiger partial charge is 0.349 e. The van der Waals surface area contributed by atoms with E-state index >= 15 is 0 Å². The van der Waals surface area contributed by atoms with Crippen LogP contribution in [-0.4, -0.2) is 30.7 Å². The topological polar surface area (TPSA) is 37.4 Å². The third-order valence-corrected chi connectivity index (χ3v) is 1.98. The number of amides is 1. The van der Waals surface area contributed by atoms with Crippen molar-refractivity contribution < 1.29 is 9.59 Å². The second kappa shape index (κ2) is 4.91. The lowest BCUT2D eigenvalue weighted by atomic mass is 10.0. The lowest BCUT2D eigenvalue weighted by Gasteiger charge is -2.11. The van der Waals surface area contributed by atoms with Gasteiger partial charge in [0.15, 0.2) is 0 Å². The molecule has 0 fully saturated rings. The first-order chi connectivity index (χ1) is 5.45. The van der Waals surface area contributed by atoms with Crippen LogP contribution in [0.5, 0.6) is 0 Å². The quantitative estimate of drug-likeness (QED) is 0.634. The predicted octanol–water partition coefficient (Wildman–Crippen LogP) is 1.08. The maximum atomic E-state index is 11.1. The Kier molecular flexibility index (Phi) is 4.55. The zero-order valence-corrected chi connectivity index (χ0v) is 8.26. The first-order valence-electron chi connectivity index (χ1n) is 4.15. The van der Waals surface area contributed by atoms with Gasteiger partial charge in [0.1, 0.15) is 5.78 Å². The minimum atomic E-state index is 0.00824. The molecule has 0 aliphatic heterocycles. The van der Waals surface area contributed by atoms with Gasteiger partial charge in [0.25, 0.3) is 0 Å². The van der Waals surface area contributed by atoms with Gasteiger partial charge < -0.3 is 4.90 Å². The van der Waals surface area contributed by atoms with Gasteiger partial charge in [-0.1, -0.05) is 6.92 Å².